The molecule has 2 aromatic carbocycles. The van der Waals surface area contributed by atoms with Crippen LogP contribution in [-0.4, -0.2) is 12.9 Å². The Bertz CT molecular complexity index is 636. The lowest BCUT2D eigenvalue weighted by molar-refractivity contribution is 0.0986. The van der Waals surface area contributed by atoms with Crippen LogP contribution in [0.25, 0.3) is 0 Å². The third-order valence-electron chi connectivity index (χ3n) is 2.76. The second kappa shape index (κ2) is 6.13. The molecule has 0 unspecified atom stereocenters. The van der Waals surface area contributed by atoms with Gasteiger partial charge in [-0.15, -0.1) is 0 Å². The smallest absolute Gasteiger partial charge is 0.173 e. The Hall–Kier alpha value is -1.75. The number of rotatable bonds is 4. The minimum atomic E-state index is -0.648. The molecule has 0 amide bonds. The fourth-order valence-electron chi connectivity index (χ4n) is 1.93. The molecular weight excluding hydrogens is 330 g/mol. The van der Waals surface area contributed by atoms with Crippen LogP contribution in [0.2, 0.25) is 0 Å². The van der Waals surface area contributed by atoms with Gasteiger partial charge in [-0.1, -0.05) is 22.0 Å². The van der Waals surface area contributed by atoms with Gasteiger partial charge in [-0.2, -0.15) is 0 Å². The molecule has 104 valence electrons. The van der Waals surface area contributed by atoms with Crippen LogP contribution in [-0.2, 0) is 6.42 Å². The van der Waals surface area contributed by atoms with E-state index in [0.29, 0.717) is 10.0 Å². The first kappa shape index (κ1) is 14.7. The third kappa shape index (κ3) is 3.22. The van der Waals surface area contributed by atoms with Gasteiger partial charge in [0.25, 0.3) is 0 Å². The summed E-state index contributed by atoms with van der Waals surface area (Å²) in [4.78, 5) is 12.2. The van der Waals surface area contributed by atoms with E-state index >= 15 is 0 Å². The summed E-state index contributed by atoms with van der Waals surface area (Å²) in [5.74, 6) is -1.39. The van der Waals surface area contributed by atoms with Gasteiger partial charge in [0.05, 0.1) is 12.7 Å². The van der Waals surface area contributed by atoms with E-state index < -0.39 is 17.4 Å². The molecule has 2 nitrogen and oxygen atoms in total. The van der Waals surface area contributed by atoms with Crippen LogP contribution in [0.1, 0.15) is 15.9 Å². The number of halogens is 3. The van der Waals surface area contributed by atoms with E-state index in [0.717, 1.165) is 0 Å². The number of hydrogen-bond acceptors (Lipinski definition) is 2. The van der Waals surface area contributed by atoms with E-state index in [1.807, 2.05) is 0 Å². The van der Waals surface area contributed by atoms with Gasteiger partial charge in [0, 0.05) is 10.9 Å². The number of hydrogen-bond donors (Lipinski definition) is 0. The summed E-state index contributed by atoms with van der Waals surface area (Å²) in [7, 11) is 1.37. The molecular formula is C15H11BrF2O2. The van der Waals surface area contributed by atoms with Crippen molar-refractivity contribution in [3.63, 3.8) is 0 Å². The van der Waals surface area contributed by atoms with Gasteiger partial charge in [0.1, 0.15) is 17.4 Å². The molecule has 0 spiro atoms. The summed E-state index contributed by atoms with van der Waals surface area (Å²) in [5, 5.41) is 0. The van der Waals surface area contributed by atoms with Crippen molar-refractivity contribution in [2.24, 2.45) is 0 Å². The Balaban J connectivity index is 2.33. The van der Waals surface area contributed by atoms with Crippen LogP contribution >= 0.6 is 15.9 Å². The maximum Gasteiger partial charge on any atom is 0.173 e. The SMILES string of the molecule is COc1cccc(F)c1C(=O)Cc1cc(F)cc(Br)c1. The maximum atomic E-state index is 13.8. The number of methoxy groups -OCH3 is 1. The summed E-state index contributed by atoms with van der Waals surface area (Å²) >= 11 is 3.15. The lowest BCUT2D eigenvalue weighted by Crippen LogP contribution is -2.08. The van der Waals surface area contributed by atoms with E-state index in [-0.39, 0.29) is 17.7 Å². The predicted molar refractivity (Wildman–Crippen MR) is 75.1 cm³/mol. The van der Waals surface area contributed by atoms with Gasteiger partial charge < -0.3 is 4.74 Å². The Kier molecular flexibility index (Phi) is 4.49. The van der Waals surface area contributed by atoms with E-state index in [1.54, 1.807) is 6.07 Å². The molecule has 0 saturated carbocycles. The molecule has 0 aromatic heterocycles. The highest BCUT2D eigenvalue weighted by Gasteiger charge is 2.18. The van der Waals surface area contributed by atoms with Gasteiger partial charge in [0.2, 0.25) is 0 Å². The highest BCUT2D eigenvalue weighted by Crippen LogP contribution is 2.24. The highest BCUT2D eigenvalue weighted by atomic mass is 79.9. The first-order valence-corrected chi connectivity index (χ1v) is 6.61. The van der Waals surface area contributed by atoms with Crippen molar-refractivity contribution in [2.75, 3.05) is 7.11 Å². The first-order chi connectivity index (χ1) is 9.51. The molecule has 2 aromatic rings. The molecule has 0 atom stereocenters. The first-order valence-electron chi connectivity index (χ1n) is 5.82. The van der Waals surface area contributed by atoms with Gasteiger partial charge in [0.15, 0.2) is 5.78 Å². The summed E-state index contributed by atoms with van der Waals surface area (Å²) in [6.07, 6.45) is -0.104. The van der Waals surface area contributed by atoms with Crippen LogP contribution in [0, 0.1) is 11.6 Å². The summed E-state index contributed by atoms with van der Waals surface area (Å²) in [6.45, 7) is 0. The van der Waals surface area contributed by atoms with Crippen molar-refractivity contribution >= 4 is 21.7 Å². The molecule has 0 fully saturated rings. The van der Waals surface area contributed by atoms with Gasteiger partial charge in [-0.05, 0) is 35.9 Å². The molecule has 0 aliphatic carbocycles. The maximum absolute atomic E-state index is 13.8. The highest BCUT2D eigenvalue weighted by molar-refractivity contribution is 9.10. The lowest BCUT2D eigenvalue weighted by atomic mass is 10.0. The number of Topliss-reactive ketones (excluding diaryl/α,β-unsaturated/α-hetero) is 1. The standard InChI is InChI=1S/C15H11BrF2O2/c1-20-14-4-2-3-12(18)15(14)13(19)7-9-5-10(16)8-11(17)6-9/h2-6,8H,7H2,1H3. The zero-order chi connectivity index (χ0) is 14.7. The predicted octanol–water partition coefficient (Wildman–Crippen LogP) is 4.16. The molecule has 0 heterocycles. The Morgan fingerprint density at radius 2 is 2.00 bits per heavy atom. The molecule has 0 aliphatic rings. The van der Waals surface area contributed by atoms with E-state index in [4.69, 9.17) is 4.74 Å². The molecule has 0 aliphatic heterocycles. The van der Waals surface area contributed by atoms with Crippen molar-refractivity contribution in [1.29, 1.82) is 0 Å². The van der Waals surface area contributed by atoms with Crippen LogP contribution in [0.15, 0.2) is 40.9 Å². The molecule has 5 heteroatoms. The van der Waals surface area contributed by atoms with Gasteiger partial charge >= 0.3 is 0 Å². The molecule has 0 saturated heterocycles. The number of ketones is 1. The monoisotopic (exact) mass is 340 g/mol. The molecule has 0 radical (unpaired) electrons. The normalized spacial score (nSPS) is 10.4. The Morgan fingerprint density at radius 3 is 2.65 bits per heavy atom. The number of carbonyl (C=O) groups is 1. The lowest BCUT2D eigenvalue weighted by Gasteiger charge is -2.09. The summed E-state index contributed by atoms with van der Waals surface area (Å²) in [6, 6.07) is 8.32. The summed E-state index contributed by atoms with van der Waals surface area (Å²) in [5.41, 5.74) is 0.350. The Morgan fingerprint density at radius 1 is 1.25 bits per heavy atom. The topological polar surface area (TPSA) is 26.3 Å². The minimum Gasteiger partial charge on any atom is -0.496 e. The third-order valence-corrected chi connectivity index (χ3v) is 3.22. The fraction of sp³-hybridized carbons (Fsp3) is 0.133. The average Bonchev–Trinajstić information content (AvgIpc) is 2.36. The van der Waals surface area contributed by atoms with Crippen LogP contribution in [0.5, 0.6) is 5.75 Å². The zero-order valence-corrected chi connectivity index (χ0v) is 12.2. The number of carbonyl (C=O) groups excluding carboxylic acids is 1. The molecule has 2 rings (SSSR count). The molecule has 20 heavy (non-hydrogen) atoms. The zero-order valence-electron chi connectivity index (χ0n) is 10.6. The van der Waals surface area contributed by atoms with Crippen molar-refractivity contribution < 1.29 is 18.3 Å². The van der Waals surface area contributed by atoms with E-state index in [2.05, 4.69) is 15.9 Å². The quantitative estimate of drug-likeness (QED) is 0.781. The van der Waals surface area contributed by atoms with Gasteiger partial charge in [-0.3, -0.25) is 4.79 Å². The average molecular weight is 341 g/mol. The fourth-order valence-corrected chi connectivity index (χ4v) is 2.44. The minimum absolute atomic E-state index is 0.104. The van der Waals surface area contributed by atoms with Crippen LogP contribution in [0.3, 0.4) is 0 Å². The van der Waals surface area contributed by atoms with Gasteiger partial charge in [-0.25, -0.2) is 8.78 Å². The second-order valence-electron chi connectivity index (χ2n) is 4.19. The van der Waals surface area contributed by atoms with Crippen LogP contribution < -0.4 is 4.74 Å². The van der Waals surface area contributed by atoms with Crippen LogP contribution in [0.4, 0.5) is 8.78 Å². The largest absolute Gasteiger partial charge is 0.496 e. The van der Waals surface area contributed by atoms with Crippen molar-refractivity contribution in [3.8, 4) is 5.75 Å². The van der Waals surface area contributed by atoms with E-state index in [9.17, 15) is 13.6 Å². The summed E-state index contributed by atoms with van der Waals surface area (Å²) < 4.78 is 32.5. The van der Waals surface area contributed by atoms with Crippen molar-refractivity contribution in [2.45, 2.75) is 6.42 Å². The van der Waals surface area contributed by atoms with Crippen molar-refractivity contribution in [1.82, 2.24) is 0 Å². The van der Waals surface area contributed by atoms with E-state index in [1.165, 1.54) is 37.4 Å². The molecule has 0 N–H and O–H groups in total. The number of benzene rings is 2. The second-order valence-corrected chi connectivity index (χ2v) is 5.11. The Labute approximate surface area is 123 Å². The number of ether oxygens (including phenoxy) is 1. The molecule has 0 bridgehead atoms. The van der Waals surface area contributed by atoms with Crippen molar-refractivity contribution in [3.05, 3.63) is 63.6 Å².